The van der Waals surface area contributed by atoms with Gasteiger partial charge in [0.2, 0.25) is 5.91 Å². The van der Waals surface area contributed by atoms with E-state index in [1.807, 2.05) is 30.5 Å². The average molecular weight is 326 g/mol. The highest BCUT2D eigenvalue weighted by molar-refractivity contribution is 7.11. The summed E-state index contributed by atoms with van der Waals surface area (Å²) in [5.74, 6) is 0.119. The van der Waals surface area contributed by atoms with Gasteiger partial charge in [-0.25, -0.2) is 0 Å². The minimum Gasteiger partial charge on any atom is -0.315 e. The number of alkyl halides is 1. The Labute approximate surface area is 131 Å². The van der Waals surface area contributed by atoms with Crippen LogP contribution < -0.4 is 4.90 Å². The molecule has 20 heavy (non-hydrogen) atoms. The van der Waals surface area contributed by atoms with Crippen molar-refractivity contribution in [3.63, 3.8) is 0 Å². The maximum absolute atomic E-state index is 11.7. The number of benzene rings is 1. The molecule has 0 bridgehead atoms. The molecule has 5 heteroatoms. The molecular formula is C15H13Cl2NOS. The zero-order valence-electron chi connectivity index (χ0n) is 11.1. The van der Waals surface area contributed by atoms with Gasteiger partial charge in [0.1, 0.15) is 0 Å². The first-order valence-corrected chi connectivity index (χ1v) is 7.95. The highest BCUT2D eigenvalue weighted by atomic mass is 35.5. The number of carbonyl (C=O) groups excluding carboxylic acids is 1. The summed E-state index contributed by atoms with van der Waals surface area (Å²) in [6.07, 6.45) is 0.445. The molecule has 0 fully saturated rings. The number of likely N-dealkylation sites (N-methyl/N-ethyl adjacent to an activating group) is 1. The molecule has 2 nitrogen and oxygen atoms in total. The summed E-state index contributed by atoms with van der Waals surface area (Å²) < 4.78 is 0. The largest absolute Gasteiger partial charge is 0.315 e. The van der Waals surface area contributed by atoms with Crippen LogP contribution in [0.1, 0.15) is 26.9 Å². The molecule has 2 heterocycles. The van der Waals surface area contributed by atoms with Crippen LogP contribution in [0, 0.1) is 6.92 Å². The van der Waals surface area contributed by atoms with Gasteiger partial charge >= 0.3 is 0 Å². The standard InChI is InChI=1S/C15H13Cl2NOS/c1-8-7-20-15(13(8)16)14(17)9-3-4-11-10(5-9)6-12(19)18(11)2/h3-5,7,14H,6H2,1-2H3. The van der Waals surface area contributed by atoms with Crippen LogP contribution in [0.2, 0.25) is 5.02 Å². The normalized spacial score (nSPS) is 15.6. The van der Waals surface area contributed by atoms with Gasteiger partial charge in [0.25, 0.3) is 0 Å². The summed E-state index contributed by atoms with van der Waals surface area (Å²) in [7, 11) is 1.80. The summed E-state index contributed by atoms with van der Waals surface area (Å²) in [5, 5.41) is 2.48. The molecule has 1 aromatic heterocycles. The summed E-state index contributed by atoms with van der Waals surface area (Å²) >= 11 is 14.4. The van der Waals surface area contributed by atoms with Gasteiger partial charge in [0.05, 0.1) is 16.8 Å². The van der Waals surface area contributed by atoms with Gasteiger partial charge in [-0.15, -0.1) is 22.9 Å². The molecule has 1 aromatic carbocycles. The number of aryl methyl sites for hydroxylation is 1. The number of halogens is 2. The molecule has 1 amide bonds. The average Bonchev–Trinajstić information content (AvgIpc) is 2.91. The molecule has 104 valence electrons. The number of hydrogen-bond acceptors (Lipinski definition) is 2. The van der Waals surface area contributed by atoms with Gasteiger partial charge in [0.15, 0.2) is 0 Å². The van der Waals surface area contributed by atoms with Crippen molar-refractivity contribution in [2.45, 2.75) is 18.7 Å². The van der Waals surface area contributed by atoms with Crippen molar-refractivity contribution in [3.8, 4) is 0 Å². The van der Waals surface area contributed by atoms with E-state index in [4.69, 9.17) is 23.2 Å². The van der Waals surface area contributed by atoms with E-state index in [0.29, 0.717) is 6.42 Å². The second-order valence-electron chi connectivity index (χ2n) is 4.98. The molecule has 0 saturated heterocycles. The number of amides is 1. The predicted octanol–water partition coefficient (Wildman–Crippen LogP) is 4.56. The van der Waals surface area contributed by atoms with E-state index >= 15 is 0 Å². The SMILES string of the molecule is Cc1csc(C(Cl)c2ccc3c(c2)CC(=O)N3C)c1Cl. The van der Waals surface area contributed by atoms with Crippen molar-refractivity contribution in [2.24, 2.45) is 0 Å². The molecular weight excluding hydrogens is 313 g/mol. The van der Waals surface area contributed by atoms with E-state index in [1.165, 1.54) is 0 Å². The molecule has 0 N–H and O–H groups in total. The van der Waals surface area contributed by atoms with Gasteiger partial charge in [0, 0.05) is 17.6 Å². The number of hydrogen-bond donors (Lipinski definition) is 0. The third-order valence-corrected chi connectivity index (χ3v) is 6.01. The van der Waals surface area contributed by atoms with Gasteiger partial charge < -0.3 is 4.90 Å². The Morgan fingerprint density at radius 3 is 2.80 bits per heavy atom. The molecule has 0 radical (unpaired) electrons. The van der Waals surface area contributed by atoms with Crippen LogP contribution in [0.15, 0.2) is 23.6 Å². The van der Waals surface area contributed by atoms with Gasteiger partial charge in [-0.05, 0) is 35.1 Å². The van der Waals surface area contributed by atoms with Crippen molar-refractivity contribution in [3.05, 3.63) is 50.2 Å². The molecule has 2 aromatic rings. The molecule has 0 spiro atoms. The summed E-state index contributed by atoms with van der Waals surface area (Å²) in [4.78, 5) is 14.4. The van der Waals surface area contributed by atoms with Crippen molar-refractivity contribution in [1.82, 2.24) is 0 Å². The van der Waals surface area contributed by atoms with Crippen LogP contribution in [0.3, 0.4) is 0 Å². The number of thiophene rings is 1. The van der Waals surface area contributed by atoms with Gasteiger partial charge in [-0.1, -0.05) is 23.7 Å². The predicted molar refractivity (Wildman–Crippen MR) is 85.3 cm³/mol. The lowest BCUT2D eigenvalue weighted by Gasteiger charge is -2.13. The summed E-state index contributed by atoms with van der Waals surface area (Å²) in [6, 6.07) is 5.94. The molecule has 0 saturated carbocycles. The lowest BCUT2D eigenvalue weighted by atomic mass is 10.0. The third kappa shape index (κ3) is 2.14. The number of rotatable bonds is 2. The Hall–Kier alpha value is -1.03. The number of fused-ring (bicyclic) bond motifs is 1. The smallest absolute Gasteiger partial charge is 0.231 e. The maximum Gasteiger partial charge on any atom is 0.231 e. The first kappa shape index (κ1) is 13.9. The number of nitrogens with zero attached hydrogens (tertiary/aromatic N) is 1. The van der Waals surface area contributed by atoms with E-state index in [-0.39, 0.29) is 11.3 Å². The Kier molecular flexibility index (Phi) is 3.53. The summed E-state index contributed by atoms with van der Waals surface area (Å²) in [5.41, 5.74) is 4.03. The molecule has 1 atom stereocenters. The van der Waals surface area contributed by atoms with Crippen LogP contribution in [0.4, 0.5) is 5.69 Å². The second-order valence-corrected chi connectivity index (χ2v) is 6.70. The van der Waals surface area contributed by atoms with Gasteiger partial charge in [-0.3, -0.25) is 4.79 Å². The Bertz CT molecular complexity index is 695. The minimum absolute atomic E-state index is 0.119. The zero-order chi connectivity index (χ0) is 14.4. The van der Waals surface area contributed by atoms with Crippen molar-refractivity contribution < 1.29 is 4.79 Å². The second kappa shape index (κ2) is 5.06. The number of anilines is 1. The number of carbonyl (C=O) groups is 1. The Morgan fingerprint density at radius 1 is 1.40 bits per heavy atom. The molecule has 1 unspecified atom stereocenters. The zero-order valence-corrected chi connectivity index (χ0v) is 13.4. The fourth-order valence-electron chi connectivity index (χ4n) is 2.42. The molecule has 0 aliphatic carbocycles. The van der Waals surface area contributed by atoms with E-state index < -0.39 is 0 Å². The van der Waals surface area contributed by atoms with Crippen LogP contribution in [0.25, 0.3) is 0 Å². The Morgan fingerprint density at radius 2 is 2.15 bits per heavy atom. The minimum atomic E-state index is -0.271. The van der Waals surface area contributed by atoms with Crippen LogP contribution in [-0.2, 0) is 11.2 Å². The lowest BCUT2D eigenvalue weighted by molar-refractivity contribution is -0.117. The van der Waals surface area contributed by atoms with Crippen molar-refractivity contribution >= 4 is 46.1 Å². The highest BCUT2D eigenvalue weighted by Crippen LogP contribution is 2.41. The van der Waals surface area contributed by atoms with E-state index in [2.05, 4.69) is 0 Å². The first-order valence-electron chi connectivity index (χ1n) is 6.26. The highest BCUT2D eigenvalue weighted by Gasteiger charge is 2.26. The monoisotopic (exact) mass is 325 g/mol. The van der Waals surface area contributed by atoms with E-state index in [1.54, 1.807) is 23.3 Å². The molecule has 1 aliphatic rings. The topological polar surface area (TPSA) is 20.3 Å². The maximum atomic E-state index is 11.7. The van der Waals surface area contributed by atoms with Crippen LogP contribution in [0.5, 0.6) is 0 Å². The molecule has 1 aliphatic heterocycles. The fraction of sp³-hybridized carbons (Fsp3) is 0.267. The quantitative estimate of drug-likeness (QED) is 0.741. The third-order valence-electron chi connectivity index (χ3n) is 3.63. The Balaban J connectivity index is 1.98. The van der Waals surface area contributed by atoms with Crippen molar-refractivity contribution in [2.75, 3.05) is 11.9 Å². The van der Waals surface area contributed by atoms with E-state index in [9.17, 15) is 4.79 Å². The van der Waals surface area contributed by atoms with Gasteiger partial charge in [-0.2, -0.15) is 0 Å². The van der Waals surface area contributed by atoms with E-state index in [0.717, 1.165) is 32.3 Å². The fourth-order valence-corrected chi connectivity index (χ4v) is 4.18. The van der Waals surface area contributed by atoms with Crippen LogP contribution >= 0.6 is 34.5 Å². The van der Waals surface area contributed by atoms with Crippen molar-refractivity contribution in [1.29, 1.82) is 0 Å². The lowest BCUT2D eigenvalue weighted by Crippen LogP contribution is -2.20. The first-order chi connectivity index (χ1) is 9.49. The van der Waals surface area contributed by atoms with Crippen LogP contribution in [-0.4, -0.2) is 13.0 Å². The summed E-state index contributed by atoms with van der Waals surface area (Å²) in [6.45, 7) is 1.97. The molecule has 3 rings (SSSR count).